The minimum absolute atomic E-state index is 0.366. The average Bonchev–Trinajstić information content (AvgIpc) is 2.04. The number of halogens is 6. The quantitative estimate of drug-likeness (QED) is 0.544. The van der Waals surface area contributed by atoms with Crippen molar-refractivity contribution >= 4 is 11.4 Å². The molecule has 0 aliphatic heterocycles. The number of nitrogens with two attached hydrogens (primary N) is 2. The highest BCUT2D eigenvalue weighted by atomic mass is 19.4. The zero-order chi connectivity index (χ0) is 12.7. The normalized spacial score (nSPS) is 12.9. The summed E-state index contributed by atoms with van der Waals surface area (Å²) in [6, 6.07) is 0.731. The third kappa shape index (κ3) is 2.31. The van der Waals surface area contributed by atoms with E-state index in [2.05, 4.69) is 0 Å². The molecule has 1 rings (SSSR count). The largest absolute Gasteiger partial charge is 0.418 e. The Balaban J connectivity index is 3.51. The monoisotopic (exact) mass is 244 g/mol. The van der Waals surface area contributed by atoms with Crippen LogP contribution >= 0.6 is 0 Å². The molecule has 1 aromatic carbocycles. The van der Waals surface area contributed by atoms with Crippen LogP contribution < -0.4 is 11.5 Å². The van der Waals surface area contributed by atoms with Crippen LogP contribution in [0.2, 0.25) is 0 Å². The molecule has 0 saturated carbocycles. The molecule has 0 aromatic heterocycles. The van der Waals surface area contributed by atoms with E-state index in [4.69, 9.17) is 11.5 Å². The van der Waals surface area contributed by atoms with Gasteiger partial charge in [0, 0.05) is 5.69 Å². The first kappa shape index (κ1) is 12.5. The van der Waals surface area contributed by atoms with E-state index in [9.17, 15) is 26.3 Å². The van der Waals surface area contributed by atoms with Crippen molar-refractivity contribution < 1.29 is 26.3 Å². The topological polar surface area (TPSA) is 52.0 Å². The van der Waals surface area contributed by atoms with E-state index >= 15 is 0 Å². The fourth-order valence-corrected chi connectivity index (χ4v) is 1.14. The fraction of sp³-hybridized carbons (Fsp3) is 0.250. The predicted octanol–water partition coefficient (Wildman–Crippen LogP) is 2.89. The molecule has 2 nitrogen and oxygen atoms in total. The van der Waals surface area contributed by atoms with Gasteiger partial charge in [0.15, 0.2) is 0 Å². The molecule has 90 valence electrons. The van der Waals surface area contributed by atoms with Gasteiger partial charge in [-0.25, -0.2) is 0 Å². The van der Waals surface area contributed by atoms with Crippen molar-refractivity contribution in [2.75, 3.05) is 11.5 Å². The summed E-state index contributed by atoms with van der Waals surface area (Å²) in [4.78, 5) is 0. The van der Waals surface area contributed by atoms with E-state index in [0.29, 0.717) is 12.1 Å². The molecule has 0 unspecified atom stereocenters. The highest BCUT2D eigenvalue weighted by Crippen LogP contribution is 2.42. The van der Waals surface area contributed by atoms with E-state index in [0.717, 1.165) is 0 Å². The van der Waals surface area contributed by atoms with E-state index in [1.807, 2.05) is 0 Å². The Hall–Kier alpha value is -1.60. The van der Waals surface area contributed by atoms with Gasteiger partial charge in [-0.1, -0.05) is 0 Å². The Labute approximate surface area is 85.8 Å². The molecule has 0 aliphatic carbocycles. The summed E-state index contributed by atoms with van der Waals surface area (Å²) < 4.78 is 73.8. The first-order chi connectivity index (χ1) is 7.03. The lowest BCUT2D eigenvalue weighted by atomic mass is 10.1. The van der Waals surface area contributed by atoms with E-state index in [1.165, 1.54) is 0 Å². The molecule has 4 N–H and O–H groups in total. The molecule has 0 radical (unpaired) electrons. The van der Waals surface area contributed by atoms with E-state index < -0.39 is 34.9 Å². The van der Waals surface area contributed by atoms with Crippen LogP contribution in [0.5, 0.6) is 0 Å². The van der Waals surface area contributed by atoms with Crippen molar-refractivity contribution in [2.24, 2.45) is 0 Å². The van der Waals surface area contributed by atoms with Crippen molar-refractivity contribution in [1.82, 2.24) is 0 Å². The van der Waals surface area contributed by atoms with Gasteiger partial charge in [-0.05, 0) is 12.1 Å². The molecular formula is C8H6F6N2. The molecule has 0 amide bonds. The van der Waals surface area contributed by atoms with Crippen molar-refractivity contribution in [3.63, 3.8) is 0 Å². The minimum atomic E-state index is -4.97. The van der Waals surface area contributed by atoms with Crippen LogP contribution in [0.1, 0.15) is 11.1 Å². The van der Waals surface area contributed by atoms with Gasteiger partial charge in [0.25, 0.3) is 0 Å². The second-order valence-electron chi connectivity index (χ2n) is 3.03. The molecule has 0 spiro atoms. The first-order valence-electron chi connectivity index (χ1n) is 3.87. The Morgan fingerprint density at radius 3 is 1.31 bits per heavy atom. The predicted molar refractivity (Wildman–Crippen MR) is 45.3 cm³/mol. The van der Waals surface area contributed by atoms with Crippen LogP contribution in [0.3, 0.4) is 0 Å². The Kier molecular flexibility index (Phi) is 2.70. The van der Waals surface area contributed by atoms with Crippen molar-refractivity contribution in [3.05, 3.63) is 23.3 Å². The third-order valence-corrected chi connectivity index (χ3v) is 1.81. The number of rotatable bonds is 0. The van der Waals surface area contributed by atoms with Gasteiger partial charge in [0.1, 0.15) is 0 Å². The van der Waals surface area contributed by atoms with Crippen molar-refractivity contribution in [1.29, 1.82) is 0 Å². The number of hydrogen-bond donors (Lipinski definition) is 2. The zero-order valence-electron chi connectivity index (χ0n) is 7.58. The smallest absolute Gasteiger partial charge is 0.399 e. The summed E-state index contributed by atoms with van der Waals surface area (Å²) in [5.41, 5.74) is 4.62. The van der Waals surface area contributed by atoms with Gasteiger partial charge >= 0.3 is 12.4 Å². The minimum Gasteiger partial charge on any atom is -0.399 e. The summed E-state index contributed by atoms with van der Waals surface area (Å²) in [5.74, 6) is 0. The standard InChI is InChI=1S/C8H6F6N2/c9-7(10,11)4-1-3(15)2-5(6(4)16)8(12,13)14/h1-2H,15-16H2. The first-order valence-corrected chi connectivity index (χ1v) is 3.87. The maximum Gasteiger partial charge on any atom is 0.418 e. The van der Waals surface area contributed by atoms with Crippen molar-refractivity contribution in [3.8, 4) is 0 Å². The van der Waals surface area contributed by atoms with E-state index in [-0.39, 0.29) is 0 Å². The van der Waals surface area contributed by atoms with Crippen LogP contribution in [-0.4, -0.2) is 0 Å². The number of alkyl halides is 6. The van der Waals surface area contributed by atoms with Crippen LogP contribution in [0.4, 0.5) is 37.7 Å². The van der Waals surface area contributed by atoms with Gasteiger partial charge in [-0.15, -0.1) is 0 Å². The van der Waals surface area contributed by atoms with Crippen LogP contribution in [0, 0.1) is 0 Å². The summed E-state index contributed by atoms with van der Waals surface area (Å²) in [7, 11) is 0. The fourth-order valence-electron chi connectivity index (χ4n) is 1.14. The average molecular weight is 244 g/mol. The highest BCUT2D eigenvalue weighted by molar-refractivity contribution is 5.63. The third-order valence-electron chi connectivity index (χ3n) is 1.81. The Morgan fingerprint density at radius 1 is 0.750 bits per heavy atom. The Morgan fingerprint density at radius 2 is 1.06 bits per heavy atom. The number of anilines is 2. The molecule has 16 heavy (non-hydrogen) atoms. The molecule has 0 atom stereocenters. The lowest BCUT2D eigenvalue weighted by molar-refractivity contribution is -0.141. The summed E-state index contributed by atoms with van der Waals surface area (Å²) in [6.07, 6.45) is -9.95. The van der Waals surface area contributed by atoms with Crippen molar-refractivity contribution in [2.45, 2.75) is 12.4 Å². The lowest BCUT2D eigenvalue weighted by Crippen LogP contribution is -2.16. The van der Waals surface area contributed by atoms with Gasteiger partial charge in [-0.2, -0.15) is 26.3 Å². The highest BCUT2D eigenvalue weighted by Gasteiger charge is 2.40. The molecule has 0 heterocycles. The molecule has 8 heteroatoms. The zero-order valence-corrected chi connectivity index (χ0v) is 7.58. The molecule has 0 bridgehead atoms. The molecule has 0 fully saturated rings. The van der Waals surface area contributed by atoms with Crippen LogP contribution in [0.15, 0.2) is 12.1 Å². The van der Waals surface area contributed by atoms with Gasteiger partial charge < -0.3 is 11.5 Å². The molecule has 0 aliphatic rings. The van der Waals surface area contributed by atoms with Gasteiger partial charge in [0.05, 0.1) is 16.8 Å². The lowest BCUT2D eigenvalue weighted by Gasteiger charge is -2.16. The maximum absolute atomic E-state index is 12.3. The second kappa shape index (κ2) is 3.46. The summed E-state index contributed by atoms with van der Waals surface area (Å²) >= 11 is 0. The maximum atomic E-state index is 12.3. The van der Waals surface area contributed by atoms with Crippen LogP contribution in [0.25, 0.3) is 0 Å². The summed E-state index contributed by atoms with van der Waals surface area (Å²) in [5, 5.41) is 0. The number of nitrogen functional groups attached to an aromatic ring is 2. The molecular weight excluding hydrogens is 238 g/mol. The van der Waals surface area contributed by atoms with Gasteiger partial charge in [-0.3, -0.25) is 0 Å². The Bertz CT molecular complexity index is 371. The molecule has 0 saturated heterocycles. The second-order valence-corrected chi connectivity index (χ2v) is 3.03. The van der Waals surface area contributed by atoms with Crippen LogP contribution in [-0.2, 0) is 12.4 Å². The molecule has 1 aromatic rings. The number of benzene rings is 1. The van der Waals surface area contributed by atoms with E-state index in [1.54, 1.807) is 0 Å². The SMILES string of the molecule is Nc1cc(C(F)(F)F)c(N)c(C(F)(F)F)c1. The van der Waals surface area contributed by atoms with Gasteiger partial charge in [0.2, 0.25) is 0 Å². The number of hydrogen-bond acceptors (Lipinski definition) is 2. The summed E-state index contributed by atoms with van der Waals surface area (Å²) in [6.45, 7) is 0.